The van der Waals surface area contributed by atoms with Gasteiger partial charge in [0.2, 0.25) is 0 Å². The first-order chi connectivity index (χ1) is 8.69. The Hall–Kier alpha value is -1.38. The second kappa shape index (κ2) is 5.51. The van der Waals surface area contributed by atoms with E-state index in [1.54, 1.807) is 7.11 Å². The van der Waals surface area contributed by atoms with Gasteiger partial charge >= 0.3 is 0 Å². The zero-order chi connectivity index (χ0) is 13.0. The van der Waals surface area contributed by atoms with E-state index in [1.165, 1.54) is 32.1 Å². The Balaban J connectivity index is 2.01. The van der Waals surface area contributed by atoms with Gasteiger partial charge in [0.05, 0.1) is 18.5 Å². The van der Waals surface area contributed by atoms with Crippen molar-refractivity contribution < 1.29 is 4.74 Å². The van der Waals surface area contributed by atoms with Crippen LogP contribution < -0.4 is 15.8 Å². The number of nitrogens with one attached hydrogen (secondary N) is 1. The van der Waals surface area contributed by atoms with E-state index >= 15 is 0 Å². The normalized spacial score (nSPS) is 17.7. The monoisotopic (exact) mass is 248 g/mol. The van der Waals surface area contributed by atoms with Crippen molar-refractivity contribution in [3.63, 3.8) is 0 Å². The standard InChI is InChI=1S/C15H24N2O/c1-3-15(8-4-5-9-15)11-17-14-7-6-12(18-2)10-13(14)16/h6-7,10,17H,3-5,8-9,11,16H2,1-2H3. The van der Waals surface area contributed by atoms with Crippen molar-refractivity contribution in [2.45, 2.75) is 39.0 Å². The Morgan fingerprint density at radius 3 is 2.61 bits per heavy atom. The van der Waals surface area contributed by atoms with Crippen molar-refractivity contribution in [1.82, 2.24) is 0 Å². The van der Waals surface area contributed by atoms with Crippen molar-refractivity contribution in [3.05, 3.63) is 18.2 Å². The second-order valence-electron chi connectivity index (χ2n) is 5.37. The molecule has 1 aliphatic rings. The lowest BCUT2D eigenvalue weighted by Crippen LogP contribution is -2.26. The van der Waals surface area contributed by atoms with Gasteiger partial charge in [-0.2, -0.15) is 0 Å². The van der Waals surface area contributed by atoms with Crippen LogP contribution in [0.25, 0.3) is 0 Å². The van der Waals surface area contributed by atoms with E-state index in [9.17, 15) is 0 Å². The van der Waals surface area contributed by atoms with Crippen LogP contribution in [0.15, 0.2) is 18.2 Å². The summed E-state index contributed by atoms with van der Waals surface area (Å²) in [6.45, 7) is 3.32. The van der Waals surface area contributed by atoms with Gasteiger partial charge < -0.3 is 15.8 Å². The zero-order valence-electron chi connectivity index (χ0n) is 11.5. The van der Waals surface area contributed by atoms with Gasteiger partial charge in [-0.1, -0.05) is 19.8 Å². The molecule has 0 heterocycles. The minimum atomic E-state index is 0.479. The number of nitrogen functional groups attached to an aromatic ring is 1. The summed E-state index contributed by atoms with van der Waals surface area (Å²) >= 11 is 0. The van der Waals surface area contributed by atoms with Crippen LogP contribution >= 0.6 is 0 Å². The van der Waals surface area contributed by atoms with E-state index in [2.05, 4.69) is 12.2 Å². The number of rotatable bonds is 5. The maximum Gasteiger partial charge on any atom is 0.121 e. The third-order valence-corrected chi connectivity index (χ3v) is 4.33. The van der Waals surface area contributed by atoms with Crippen LogP contribution in [0.1, 0.15) is 39.0 Å². The molecule has 0 aliphatic heterocycles. The molecular weight excluding hydrogens is 224 g/mol. The van der Waals surface area contributed by atoms with Gasteiger partial charge in [-0.05, 0) is 36.8 Å². The summed E-state index contributed by atoms with van der Waals surface area (Å²) < 4.78 is 5.16. The number of ether oxygens (including phenoxy) is 1. The molecule has 100 valence electrons. The largest absolute Gasteiger partial charge is 0.497 e. The highest BCUT2D eigenvalue weighted by molar-refractivity contribution is 5.68. The van der Waals surface area contributed by atoms with Gasteiger partial charge in [0.15, 0.2) is 0 Å². The van der Waals surface area contributed by atoms with E-state index in [-0.39, 0.29) is 0 Å². The molecule has 1 aromatic rings. The number of anilines is 2. The predicted octanol–water partition coefficient (Wildman–Crippen LogP) is 3.66. The molecule has 0 bridgehead atoms. The lowest BCUT2D eigenvalue weighted by Gasteiger charge is -2.28. The van der Waals surface area contributed by atoms with Gasteiger partial charge in [0, 0.05) is 12.6 Å². The average Bonchev–Trinajstić information content (AvgIpc) is 2.86. The van der Waals surface area contributed by atoms with E-state index in [4.69, 9.17) is 10.5 Å². The van der Waals surface area contributed by atoms with E-state index in [1.807, 2.05) is 18.2 Å². The Kier molecular flexibility index (Phi) is 4.00. The Bertz CT molecular complexity index is 397. The molecule has 3 nitrogen and oxygen atoms in total. The lowest BCUT2D eigenvalue weighted by atomic mass is 9.83. The molecule has 1 saturated carbocycles. The topological polar surface area (TPSA) is 47.3 Å². The fraction of sp³-hybridized carbons (Fsp3) is 0.600. The molecule has 18 heavy (non-hydrogen) atoms. The minimum absolute atomic E-state index is 0.479. The molecule has 0 saturated heterocycles. The minimum Gasteiger partial charge on any atom is -0.497 e. The van der Waals surface area contributed by atoms with Crippen molar-refractivity contribution in [2.24, 2.45) is 5.41 Å². The SMILES string of the molecule is CCC1(CNc2ccc(OC)cc2N)CCCC1. The maximum atomic E-state index is 6.02. The third kappa shape index (κ3) is 2.71. The highest BCUT2D eigenvalue weighted by atomic mass is 16.5. The highest BCUT2D eigenvalue weighted by Gasteiger charge is 2.31. The van der Waals surface area contributed by atoms with Crippen LogP contribution in [0.2, 0.25) is 0 Å². The Morgan fingerprint density at radius 2 is 2.06 bits per heavy atom. The number of methoxy groups -OCH3 is 1. The first-order valence-corrected chi connectivity index (χ1v) is 6.86. The molecule has 1 fully saturated rings. The van der Waals surface area contributed by atoms with Gasteiger partial charge in [-0.15, -0.1) is 0 Å². The quantitative estimate of drug-likeness (QED) is 0.782. The zero-order valence-corrected chi connectivity index (χ0v) is 11.5. The smallest absolute Gasteiger partial charge is 0.121 e. The van der Waals surface area contributed by atoms with E-state index in [0.717, 1.165) is 23.7 Å². The fourth-order valence-electron chi connectivity index (χ4n) is 2.89. The van der Waals surface area contributed by atoms with Crippen molar-refractivity contribution >= 4 is 11.4 Å². The molecule has 0 atom stereocenters. The molecule has 1 aliphatic carbocycles. The summed E-state index contributed by atoms with van der Waals surface area (Å²) in [5, 5.41) is 3.52. The molecule has 1 aromatic carbocycles. The van der Waals surface area contributed by atoms with Crippen molar-refractivity contribution in [1.29, 1.82) is 0 Å². The number of hydrogen-bond acceptors (Lipinski definition) is 3. The first kappa shape index (κ1) is 13.1. The fourth-order valence-corrected chi connectivity index (χ4v) is 2.89. The molecule has 0 aromatic heterocycles. The van der Waals surface area contributed by atoms with Gasteiger partial charge in [-0.3, -0.25) is 0 Å². The molecular formula is C15H24N2O. The summed E-state index contributed by atoms with van der Waals surface area (Å²) in [6.07, 6.45) is 6.66. The predicted molar refractivity (Wildman–Crippen MR) is 77.1 cm³/mol. The molecule has 2 rings (SSSR count). The second-order valence-corrected chi connectivity index (χ2v) is 5.37. The van der Waals surface area contributed by atoms with Crippen LogP contribution in [-0.2, 0) is 0 Å². The molecule has 0 amide bonds. The molecule has 0 radical (unpaired) electrons. The molecule has 0 unspecified atom stereocenters. The number of hydrogen-bond donors (Lipinski definition) is 2. The number of nitrogens with two attached hydrogens (primary N) is 1. The summed E-state index contributed by atoms with van der Waals surface area (Å²) in [4.78, 5) is 0. The summed E-state index contributed by atoms with van der Waals surface area (Å²) in [7, 11) is 1.66. The molecule has 3 heteroatoms. The maximum absolute atomic E-state index is 6.02. The van der Waals surface area contributed by atoms with Gasteiger partial charge in [0.1, 0.15) is 5.75 Å². The molecule has 3 N–H and O–H groups in total. The van der Waals surface area contributed by atoms with Crippen LogP contribution in [0, 0.1) is 5.41 Å². The third-order valence-electron chi connectivity index (χ3n) is 4.33. The lowest BCUT2D eigenvalue weighted by molar-refractivity contribution is 0.307. The summed E-state index contributed by atoms with van der Waals surface area (Å²) in [5.41, 5.74) is 8.29. The molecule has 0 spiro atoms. The van der Waals surface area contributed by atoms with Crippen molar-refractivity contribution in [3.8, 4) is 5.75 Å². The van der Waals surface area contributed by atoms with Crippen LogP contribution in [0.5, 0.6) is 5.75 Å². The first-order valence-electron chi connectivity index (χ1n) is 6.86. The Labute approximate surface area is 110 Å². The number of benzene rings is 1. The van der Waals surface area contributed by atoms with Crippen LogP contribution in [0.4, 0.5) is 11.4 Å². The van der Waals surface area contributed by atoms with Crippen LogP contribution in [0.3, 0.4) is 0 Å². The average molecular weight is 248 g/mol. The van der Waals surface area contributed by atoms with Gasteiger partial charge in [-0.25, -0.2) is 0 Å². The highest BCUT2D eigenvalue weighted by Crippen LogP contribution is 2.41. The van der Waals surface area contributed by atoms with E-state index in [0.29, 0.717) is 5.41 Å². The summed E-state index contributed by atoms with van der Waals surface area (Å²) in [5.74, 6) is 0.809. The van der Waals surface area contributed by atoms with Crippen molar-refractivity contribution in [2.75, 3.05) is 24.7 Å². The van der Waals surface area contributed by atoms with E-state index < -0.39 is 0 Å². The Morgan fingerprint density at radius 1 is 1.33 bits per heavy atom. The van der Waals surface area contributed by atoms with Gasteiger partial charge in [0.25, 0.3) is 0 Å². The van der Waals surface area contributed by atoms with Crippen LogP contribution in [-0.4, -0.2) is 13.7 Å². The summed E-state index contributed by atoms with van der Waals surface area (Å²) in [6, 6.07) is 5.83.